The number of nitrogens with zero attached hydrogens (tertiary/aromatic N) is 2. The minimum atomic E-state index is -3.49. The highest BCUT2D eigenvalue weighted by atomic mass is 35.5. The van der Waals surface area contributed by atoms with Crippen LogP contribution in [0.4, 0.5) is 5.69 Å². The molecule has 1 aromatic carbocycles. The van der Waals surface area contributed by atoms with E-state index in [0.717, 1.165) is 11.1 Å². The minimum absolute atomic E-state index is 0.119. The molecule has 0 N–H and O–H groups in total. The van der Waals surface area contributed by atoms with Gasteiger partial charge in [-0.25, -0.2) is 13.4 Å². The fourth-order valence-electron chi connectivity index (χ4n) is 1.78. The summed E-state index contributed by atoms with van der Waals surface area (Å²) in [7, 11) is -3.49. The highest BCUT2D eigenvalue weighted by Crippen LogP contribution is 2.25. The number of hydrogen-bond acceptors (Lipinski definition) is 5. The number of hydrogen-bond donors (Lipinski definition) is 0. The summed E-state index contributed by atoms with van der Waals surface area (Å²) in [6.45, 7) is 1.57. The van der Waals surface area contributed by atoms with Crippen LogP contribution < -0.4 is 4.31 Å². The zero-order valence-corrected chi connectivity index (χ0v) is 13.8. The highest BCUT2D eigenvalue weighted by Gasteiger charge is 2.19. The minimum Gasteiger partial charge on any atom is -0.295 e. The van der Waals surface area contributed by atoms with Gasteiger partial charge in [0.15, 0.2) is 10.3 Å². The van der Waals surface area contributed by atoms with Gasteiger partial charge in [0.25, 0.3) is 0 Å². The van der Waals surface area contributed by atoms with Crippen LogP contribution in [0.25, 0.3) is 0 Å². The molecular weight excluding hydrogens is 332 g/mol. The number of halogens is 1. The summed E-state index contributed by atoms with van der Waals surface area (Å²) in [5.74, 6) is -0.119. The Morgan fingerprint density at radius 1 is 1.43 bits per heavy atom. The summed E-state index contributed by atoms with van der Waals surface area (Å²) in [6.07, 6.45) is 2.66. The maximum Gasteiger partial charge on any atom is 0.232 e. The molecule has 112 valence electrons. The molecule has 0 fully saturated rings. The quantitative estimate of drug-likeness (QED) is 0.782. The fourth-order valence-corrected chi connectivity index (χ4v) is 3.70. The molecule has 1 heterocycles. The molecule has 8 heteroatoms. The van der Waals surface area contributed by atoms with Crippen molar-refractivity contribution in [2.75, 3.05) is 10.6 Å². The third-order valence-corrected chi connectivity index (χ3v) is 5.01. The third-order valence-electron chi connectivity index (χ3n) is 2.77. The Labute approximate surface area is 132 Å². The number of thiazole rings is 1. The van der Waals surface area contributed by atoms with Gasteiger partial charge in [-0.05, 0) is 19.1 Å². The molecule has 0 radical (unpaired) electrons. The van der Waals surface area contributed by atoms with E-state index < -0.39 is 10.0 Å². The van der Waals surface area contributed by atoms with E-state index in [9.17, 15) is 13.2 Å². The van der Waals surface area contributed by atoms with Crippen LogP contribution in [-0.4, -0.2) is 25.4 Å². The average molecular weight is 345 g/mol. The number of ketones is 1. The summed E-state index contributed by atoms with van der Waals surface area (Å²) < 4.78 is 25.6. The van der Waals surface area contributed by atoms with Crippen LogP contribution in [0.2, 0.25) is 4.47 Å². The first kappa shape index (κ1) is 15.9. The van der Waals surface area contributed by atoms with Crippen LogP contribution in [0.1, 0.15) is 22.2 Å². The van der Waals surface area contributed by atoms with E-state index in [-0.39, 0.29) is 12.3 Å². The van der Waals surface area contributed by atoms with Crippen molar-refractivity contribution in [3.8, 4) is 0 Å². The van der Waals surface area contributed by atoms with E-state index >= 15 is 0 Å². The summed E-state index contributed by atoms with van der Waals surface area (Å²) >= 11 is 6.98. The Morgan fingerprint density at radius 3 is 2.67 bits per heavy atom. The van der Waals surface area contributed by atoms with Crippen LogP contribution >= 0.6 is 22.9 Å². The van der Waals surface area contributed by atoms with E-state index in [4.69, 9.17) is 11.6 Å². The molecule has 1 aromatic heterocycles. The van der Waals surface area contributed by atoms with E-state index in [2.05, 4.69) is 4.98 Å². The van der Waals surface area contributed by atoms with Gasteiger partial charge in [-0.15, -0.1) is 11.3 Å². The van der Waals surface area contributed by atoms with Crippen molar-refractivity contribution in [1.29, 1.82) is 0 Å². The van der Waals surface area contributed by atoms with Gasteiger partial charge < -0.3 is 0 Å². The molecule has 0 aliphatic rings. The first-order valence-corrected chi connectivity index (χ1v) is 9.00. The van der Waals surface area contributed by atoms with Gasteiger partial charge in [-0.3, -0.25) is 9.10 Å². The fraction of sp³-hybridized carbons (Fsp3) is 0.231. The largest absolute Gasteiger partial charge is 0.295 e. The summed E-state index contributed by atoms with van der Waals surface area (Å²) in [5.41, 5.74) is 0.901. The van der Waals surface area contributed by atoms with E-state index in [1.807, 2.05) is 0 Å². The van der Waals surface area contributed by atoms with Crippen LogP contribution in [-0.2, 0) is 16.6 Å². The van der Waals surface area contributed by atoms with Gasteiger partial charge in [0, 0.05) is 16.6 Å². The Morgan fingerprint density at radius 2 is 2.14 bits per heavy atom. The number of carbonyl (C=O) groups is 1. The Kier molecular flexibility index (Phi) is 4.65. The lowest BCUT2D eigenvalue weighted by molar-refractivity contribution is 0.101. The van der Waals surface area contributed by atoms with Crippen molar-refractivity contribution in [3.63, 3.8) is 0 Å². The van der Waals surface area contributed by atoms with Crippen molar-refractivity contribution >= 4 is 44.4 Å². The average Bonchev–Trinajstić information content (AvgIpc) is 2.80. The van der Waals surface area contributed by atoms with Crippen molar-refractivity contribution in [2.45, 2.75) is 13.5 Å². The standard InChI is InChI=1S/C13H13ClN2O3S2/c1-9(17)10-4-3-5-11(6-10)16(21(2,18)19)8-12-7-15-13(14)20-12/h3-7H,8H2,1-2H3. The molecule has 0 spiro atoms. The van der Waals surface area contributed by atoms with Gasteiger partial charge in [-0.1, -0.05) is 23.7 Å². The highest BCUT2D eigenvalue weighted by molar-refractivity contribution is 7.92. The second kappa shape index (κ2) is 6.13. The zero-order valence-electron chi connectivity index (χ0n) is 11.4. The van der Waals surface area contributed by atoms with Gasteiger partial charge in [0.2, 0.25) is 10.0 Å². The van der Waals surface area contributed by atoms with E-state index in [1.54, 1.807) is 30.5 Å². The summed E-state index contributed by atoms with van der Waals surface area (Å²) in [6, 6.07) is 6.52. The van der Waals surface area contributed by atoms with Gasteiger partial charge in [0.1, 0.15) is 0 Å². The number of carbonyl (C=O) groups excluding carboxylic acids is 1. The Hall–Kier alpha value is -1.44. The molecule has 0 unspecified atom stereocenters. The van der Waals surface area contributed by atoms with Crippen molar-refractivity contribution in [3.05, 3.63) is 45.4 Å². The lowest BCUT2D eigenvalue weighted by Gasteiger charge is -2.22. The number of anilines is 1. The predicted octanol–water partition coefficient (Wildman–Crippen LogP) is 2.97. The van der Waals surface area contributed by atoms with Crippen LogP contribution in [0.15, 0.2) is 30.5 Å². The first-order valence-electron chi connectivity index (χ1n) is 5.96. The number of aromatic nitrogens is 1. The van der Waals surface area contributed by atoms with Crippen molar-refractivity contribution in [1.82, 2.24) is 4.98 Å². The molecule has 0 aliphatic heterocycles. The Bertz CT molecular complexity index is 771. The Balaban J connectivity index is 2.41. The maximum atomic E-state index is 12.0. The maximum absolute atomic E-state index is 12.0. The van der Waals surface area contributed by atoms with Crippen molar-refractivity contribution in [2.24, 2.45) is 0 Å². The first-order chi connectivity index (χ1) is 9.77. The SMILES string of the molecule is CC(=O)c1cccc(N(Cc2cnc(Cl)s2)S(C)(=O)=O)c1. The van der Waals surface area contributed by atoms with Gasteiger partial charge in [-0.2, -0.15) is 0 Å². The summed E-state index contributed by atoms with van der Waals surface area (Å²) in [4.78, 5) is 16.1. The lowest BCUT2D eigenvalue weighted by Crippen LogP contribution is -2.29. The molecule has 0 aliphatic carbocycles. The van der Waals surface area contributed by atoms with E-state index in [0.29, 0.717) is 15.7 Å². The lowest BCUT2D eigenvalue weighted by atomic mass is 10.1. The summed E-state index contributed by atoms with van der Waals surface area (Å²) in [5, 5.41) is 0. The number of sulfonamides is 1. The van der Waals surface area contributed by atoms with Gasteiger partial charge in [0.05, 0.1) is 18.5 Å². The topological polar surface area (TPSA) is 67.3 Å². The molecule has 0 saturated carbocycles. The normalized spacial score (nSPS) is 11.4. The molecule has 2 aromatic rings. The van der Waals surface area contributed by atoms with Gasteiger partial charge >= 0.3 is 0 Å². The number of Topliss-reactive ketones (excluding diaryl/α,β-unsaturated/α-hetero) is 1. The number of benzene rings is 1. The number of rotatable bonds is 5. The smallest absolute Gasteiger partial charge is 0.232 e. The predicted molar refractivity (Wildman–Crippen MR) is 84.6 cm³/mol. The second-order valence-electron chi connectivity index (χ2n) is 4.46. The van der Waals surface area contributed by atoms with E-state index in [1.165, 1.54) is 22.6 Å². The molecular formula is C13H13ClN2O3S2. The molecule has 0 saturated heterocycles. The zero-order chi connectivity index (χ0) is 15.6. The van der Waals surface area contributed by atoms with Crippen LogP contribution in [0.5, 0.6) is 0 Å². The van der Waals surface area contributed by atoms with Crippen molar-refractivity contribution < 1.29 is 13.2 Å². The van der Waals surface area contributed by atoms with Crippen LogP contribution in [0, 0.1) is 0 Å². The molecule has 0 amide bonds. The monoisotopic (exact) mass is 344 g/mol. The van der Waals surface area contributed by atoms with Crippen LogP contribution in [0.3, 0.4) is 0 Å². The molecule has 5 nitrogen and oxygen atoms in total. The second-order valence-corrected chi connectivity index (χ2v) is 8.06. The molecule has 0 atom stereocenters. The molecule has 21 heavy (non-hydrogen) atoms. The molecule has 2 rings (SSSR count). The third kappa shape index (κ3) is 4.03. The molecule has 0 bridgehead atoms.